The Morgan fingerprint density at radius 2 is 2.19 bits per heavy atom. The van der Waals surface area contributed by atoms with E-state index < -0.39 is 11.4 Å². The summed E-state index contributed by atoms with van der Waals surface area (Å²) in [6.45, 7) is 4.73. The number of carbonyl (C=O) groups excluding carboxylic acids is 1. The Balaban J connectivity index is 1.54. The van der Waals surface area contributed by atoms with Gasteiger partial charge in [0.1, 0.15) is 22.9 Å². The average Bonchev–Trinajstić information content (AvgIpc) is 3.44. The van der Waals surface area contributed by atoms with E-state index in [0.717, 1.165) is 37.1 Å². The highest BCUT2D eigenvalue weighted by atomic mass is 32.1. The van der Waals surface area contributed by atoms with Gasteiger partial charge in [-0.15, -0.1) is 11.3 Å². The van der Waals surface area contributed by atoms with Crippen LogP contribution in [0.3, 0.4) is 0 Å². The lowest BCUT2D eigenvalue weighted by atomic mass is 9.72. The number of likely N-dealkylation sites (tertiary alicyclic amines) is 1. The monoisotopic (exact) mass is 513 g/mol. The van der Waals surface area contributed by atoms with E-state index in [4.69, 9.17) is 25.8 Å². The summed E-state index contributed by atoms with van der Waals surface area (Å²) in [5.74, 6) is -0.511. The van der Waals surface area contributed by atoms with E-state index in [1.54, 1.807) is 6.92 Å². The van der Waals surface area contributed by atoms with Crippen molar-refractivity contribution in [3.8, 4) is 18.0 Å². The van der Waals surface area contributed by atoms with Gasteiger partial charge in [0.15, 0.2) is 5.84 Å². The van der Waals surface area contributed by atoms with Crippen LogP contribution in [-0.2, 0) is 21.5 Å². The second-order valence-electron chi connectivity index (χ2n) is 9.38. The molecule has 0 amide bonds. The molecule has 4 rings (SSSR count). The normalized spacial score (nSPS) is 23.0. The third-order valence-electron chi connectivity index (χ3n) is 6.99. The van der Waals surface area contributed by atoms with Gasteiger partial charge in [-0.3, -0.25) is 4.90 Å². The summed E-state index contributed by atoms with van der Waals surface area (Å²) in [6, 6.07) is 3.96. The number of nitrogens with zero attached hydrogens (tertiary/aromatic N) is 5. The second-order valence-corrected chi connectivity index (χ2v) is 10.5. The molecule has 0 saturated carbocycles. The van der Waals surface area contributed by atoms with Gasteiger partial charge in [-0.2, -0.15) is 15.2 Å². The highest BCUT2D eigenvalue weighted by molar-refractivity contribution is 7.16. The van der Waals surface area contributed by atoms with Gasteiger partial charge in [0.2, 0.25) is 5.88 Å². The number of methoxy groups -OCH3 is 1. The number of thiophene rings is 1. The first-order valence-electron chi connectivity index (χ1n) is 11.8. The lowest BCUT2D eigenvalue weighted by molar-refractivity contribution is -0.150. The fraction of sp³-hybridized carbons (Fsp3) is 0.542. The SMILES string of the molecule is COc1cc(/C(N)=N/OC(=O)C2(C)CCCc3sc(N)c(C#N)c32)nc(O[C@@H](C)[C@@H]2CCCN2C)n1. The molecule has 2 aliphatic rings. The summed E-state index contributed by atoms with van der Waals surface area (Å²) in [7, 11) is 3.53. The smallest absolute Gasteiger partial charge is 0.345 e. The first-order valence-corrected chi connectivity index (χ1v) is 12.7. The maximum Gasteiger partial charge on any atom is 0.345 e. The number of hydrogen-bond donors (Lipinski definition) is 2. The average molecular weight is 514 g/mol. The summed E-state index contributed by atoms with van der Waals surface area (Å²) in [5, 5.41) is 13.9. The van der Waals surface area contributed by atoms with E-state index >= 15 is 0 Å². The maximum atomic E-state index is 13.2. The van der Waals surface area contributed by atoms with E-state index in [0.29, 0.717) is 22.5 Å². The van der Waals surface area contributed by atoms with Crippen LogP contribution in [0.15, 0.2) is 11.2 Å². The Bertz CT molecular complexity index is 1220. The van der Waals surface area contributed by atoms with Crippen LogP contribution in [0.4, 0.5) is 5.00 Å². The molecule has 0 radical (unpaired) electrons. The van der Waals surface area contributed by atoms with Crippen LogP contribution in [0.25, 0.3) is 0 Å². The number of aromatic nitrogens is 2. The fourth-order valence-electron chi connectivity index (χ4n) is 5.00. The van der Waals surface area contributed by atoms with Crippen LogP contribution in [0, 0.1) is 11.3 Å². The van der Waals surface area contributed by atoms with Crippen molar-refractivity contribution >= 4 is 28.1 Å². The molecule has 2 aromatic heterocycles. The molecule has 1 fully saturated rings. The molecule has 2 aromatic rings. The number of amidine groups is 1. The predicted octanol–water partition coefficient (Wildman–Crippen LogP) is 2.32. The number of aryl methyl sites for hydroxylation is 1. The van der Waals surface area contributed by atoms with Gasteiger partial charge in [-0.05, 0) is 59.5 Å². The minimum absolute atomic E-state index is 0.0953. The third-order valence-corrected chi connectivity index (χ3v) is 8.07. The molecule has 0 bridgehead atoms. The first kappa shape index (κ1) is 25.7. The minimum atomic E-state index is -1.06. The van der Waals surface area contributed by atoms with Crippen molar-refractivity contribution in [3.05, 3.63) is 27.8 Å². The Labute approximate surface area is 214 Å². The zero-order valence-corrected chi connectivity index (χ0v) is 21.7. The molecule has 0 spiro atoms. The van der Waals surface area contributed by atoms with Gasteiger partial charge in [0.05, 0.1) is 18.1 Å². The standard InChI is InChI=1S/C24H31N7O4S/c1-13(16-7-6-10-31(16)3)34-23-28-15(11-18(29-23)33-4)20(26)30-35-22(32)24(2)9-5-8-17-19(24)14(12-25)21(27)36-17/h11,13,16H,5-10,27H2,1-4H3,(H2,26,30)/t13-,16-,24?/m0/s1. The molecule has 4 N–H and O–H groups in total. The van der Waals surface area contributed by atoms with Crippen molar-refractivity contribution in [1.29, 1.82) is 5.26 Å². The maximum absolute atomic E-state index is 13.2. The first-order chi connectivity index (χ1) is 17.2. The summed E-state index contributed by atoms with van der Waals surface area (Å²) >= 11 is 1.34. The fourth-order valence-corrected chi connectivity index (χ4v) is 6.20. The van der Waals surface area contributed by atoms with Crippen LogP contribution in [0.5, 0.6) is 11.9 Å². The third kappa shape index (κ3) is 4.81. The van der Waals surface area contributed by atoms with Crippen molar-refractivity contribution in [3.63, 3.8) is 0 Å². The number of anilines is 1. The molecule has 1 aliphatic heterocycles. The molecule has 3 atom stereocenters. The van der Waals surface area contributed by atoms with Gasteiger partial charge in [-0.1, -0.05) is 5.16 Å². The van der Waals surface area contributed by atoms with Gasteiger partial charge in [0.25, 0.3) is 0 Å². The molecular formula is C24H31N7O4S. The molecule has 1 unspecified atom stereocenters. The molecule has 11 nitrogen and oxygen atoms in total. The number of likely N-dealkylation sites (N-methyl/N-ethyl adjacent to an activating group) is 1. The number of rotatable bonds is 7. The zero-order chi connectivity index (χ0) is 26.0. The molecular weight excluding hydrogens is 482 g/mol. The summed E-state index contributed by atoms with van der Waals surface area (Å²) in [4.78, 5) is 30.3. The molecule has 0 aromatic carbocycles. The number of nitrogens with two attached hydrogens (primary N) is 2. The van der Waals surface area contributed by atoms with E-state index in [1.807, 2.05) is 6.92 Å². The molecule has 12 heteroatoms. The van der Waals surface area contributed by atoms with Crippen LogP contribution in [0.2, 0.25) is 0 Å². The number of fused-ring (bicyclic) bond motifs is 1. The van der Waals surface area contributed by atoms with E-state index in [9.17, 15) is 10.1 Å². The number of ether oxygens (including phenoxy) is 2. The number of carbonyl (C=O) groups is 1. The van der Waals surface area contributed by atoms with Crippen molar-refractivity contribution in [2.24, 2.45) is 10.9 Å². The van der Waals surface area contributed by atoms with Crippen LogP contribution in [-0.4, -0.2) is 59.5 Å². The molecule has 1 aliphatic carbocycles. The van der Waals surface area contributed by atoms with Gasteiger partial charge < -0.3 is 25.8 Å². The topological polar surface area (TPSA) is 162 Å². The summed E-state index contributed by atoms with van der Waals surface area (Å²) < 4.78 is 11.3. The number of hydrogen-bond acceptors (Lipinski definition) is 11. The van der Waals surface area contributed by atoms with Crippen molar-refractivity contribution < 1.29 is 19.1 Å². The predicted molar refractivity (Wildman–Crippen MR) is 135 cm³/mol. The van der Waals surface area contributed by atoms with Crippen molar-refractivity contribution in [2.45, 2.75) is 63.5 Å². The quantitative estimate of drug-likeness (QED) is 0.243. The minimum Gasteiger partial charge on any atom is -0.481 e. The largest absolute Gasteiger partial charge is 0.481 e. The molecule has 192 valence electrons. The zero-order valence-electron chi connectivity index (χ0n) is 20.9. The summed E-state index contributed by atoms with van der Waals surface area (Å²) in [6.07, 6.45) is 4.02. The second kappa shape index (κ2) is 10.3. The lowest BCUT2D eigenvalue weighted by Gasteiger charge is -2.30. The Morgan fingerprint density at radius 1 is 1.42 bits per heavy atom. The number of nitrogen functional groups attached to an aromatic ring is 1. The van der Waals surface area contributed by atoms with E-state index in [1.165, 1.54) is 24.5 Å². The lowest BCUT2D eigenvalue weighted by Crippen LogP contribution is -2.38. The van der Waals surface area contributed by atoms with E-state index in [2.05, 4.69) is 33.1 Å². The van der Waals surface area contributed by atoms with Gasteiger partial charge >= 0.3 is 12.0 Å². The highest BCUT2D eigenvalue weighted by Crippen LogP contribution is 2.46. The van der Waals surface area contributed by atoms with Gasteiger partial charge in [0, 0.05) is 22.5 Å². The Kier molecular flexibility index (Phi) is 7.33. The molecule has 36 heavy (non-hydrogen) atoms. The van der Waals surface area contributed by atoms with Gasteiger partial charge in [-0.25, -0.2) is 4.79 Å². The van der Waals surface area contributed by atoms with Crippen LogP contribution < -0.4 is 20.9 Å². The summed E-state index contributed by atoms with van der Waals surface area (Å²) in [5.41, 5.74) is 12.3. The molecule has 1 saturated heterocycles. The molecule has 3 heterocycles. The van der Waals surface area contributed by atoms with Crippen LogP contribution >= 0.6 is 11.3 Å². The van der Waals surface area contributed by atoms with Crippen molar-refractivity contribution in [2.75, 3.05) is 26.4 Å². The number of oxime groups is 1. The number of nitriles is 1. The highest BCUT2D eigenvalue weighted by Gasteiger charge is 2.44. The van der Waals surface area contributed by atoms with Crippen molar-refractivity contribution in [1.82, 2.24) is 14.9 Å². The Morgan fingerprint density at radius 3 is 2.86 bits per heavy atom. The van der Waals surface area contributed by atoms with Crippen LogP contribution in [0.1, 0.15) is 61.2 Å². The Hall–Kier alpha value is -3.43. The van der Waals surface area contributed by atoms with E-state index in [-0.39, 0.29) is 35.6 Å².